The fraction of sp³-hybridized carbons (Fsp3) is 0.286. The first-order valence-corrected chi connectivity index (χ1v) is 7.08. The van der Waals surface area contributed by atoms with E-state index in [4.69, 9.17) is 11.6 Å². The number of hydrogen-bond donors (Lipinski definition) is 0. The highest BCUT2D eigenvalue weighted by atomic mass is 79.9. The molecule has 0 bridgehead atoms. The van der Waals surface area contributed by atoms with Gasteiger partial charge in [-0.25, -0.2) is 0 Å². The number of benzene rings is 1. The molecule has 0 saturated carbocycles. The topological polar surface area (TPSA) is 34.9 Å². The third-order valence-electron chi connectivity index (χ3n) is 2.96. The van der Waals surface area contributed by atoms with E-state index in [-0.39, 0.29) is 5.78 Å². The minimum atomic E-state index is 0.139. The van der Waals surface area contributed by atoms with Gasteiger partial charge in [-0.15, -0.1) is 0 Å². The zero-order chi connectivity index (χ0) is 14.0. The minimum absolute atomic E-state index is 0.139. The molecule has 0 atom stereocenters. The minimum Gasteiger partial charge on any atom is -0.299 e. The Kier molecular flexibility index (Phi) is 4.42. The normalized spacial score (nSPS) is 10.7. The highest BCUT2D eigenvalue weighted by Gasteiger charge is 2.15. The molecule has 0 N–H and O–H groups in total. The second-order valence-corrected chi connectivity index (χ2v) is 5.77. The summed E-state index contributed by atoms with van der Waals surface area (Å²) in [4.78, 5) is 12.1. The van der Waals surface area contributed by atoms with Gasteiger partial charge in [-0.05, 0) is 24.6 Å². The Hall–Kier alpha value is -1.13. The third-order valence-corrected chi connectivity index (χ3v) is 3.96. The predicted octanol–water partition coefficient (Wildman–Crippen LogP) is 3.50. The van der Waals surface area contributed by atoms with Crippen molar-refractivity contribution in [2.45, 2.75) is 19.8 Å². The van der Waals surface area contributed by atoms with Gasteiger partial charge in [-0.2, -0.15) is 5.10 Å². The van der Waals surface area contributed by atoms with Crippen LogP contribution in [0.5, 0.6) is 0 Å². The van der Waals surface area contributed by atoms with E-state index in [2.05, 4.69) is 21.0 Å². The summed E-state index contributed by atoms with van der Waals surface area (Å²) >= 11 is 9.50. The van der Waals surface area contributed by atoms with Crippen molar-refractivity contribution in [1.29, 1.82) is 0 Å². The van der Waals surface area contributed by atoms with E-state index in [0.717, 1.165) is 21.3 Å². The number of aromatic nitrogens is 2. The van der Waals surface area contributed by atoms with Gasteiger partial charge in [0.15, 0.2) is 0 Å². The van der Waals surface area contributed by atoms with Crippen LogP contribution in [0.15, 0.2) is 28.7 Å². The molecular formula is C14H14BrClN2O. The maximum absolute atomic E-state index is 12.1. The van der Waals surface area contributed by atoms with Crippen LogP contribution < -0.4 is 0 Å². The molecule has 0 unspecified atom stereocenters. The Morgan fingerprint density at radius 3 is 2.47 bits per heavy atom. The summed E-state index contributed by atoms with van der Waals surface area (Å²) in [6, 6.07) is 7.76. The van der Waals surface area contributed by atoms with Crippen LogP contribution >= 0.6 is 27.5 Å². The van der Waals surface area contributed by atoms with Crippen molar-refractivity contribution in [2.75, 3.05) is 0 Å². The molecule has 0 amide bonds. The molecule has 0 aliphatic heterocycles. The number of carbonyl (C=O) groups excluding carboxylic acids is 1. The van der Waals surface area contributed by atoms with Crippen LogP contribution in [0, 0.1) is 6.92 Å². The van der Waals surface area contributed by atoms with Crippen molar-refractivity contribution in [3.8, 4) is 0 Å². The SMILES string of the molecule is Cc1nn(C)c(Cl)c1CC(=O)Cc1ccc(Br)cc1. The molecule has 2 aromatic rings. The maximum Gasteiger partial charge on any atom is 0.141 e. The first-order valence-electron chi connectivity index (χ1n) is 5.91. The van der Waals surface area contributed by atoms with Gasteiger partial charge in [0.2, 0.25) is 0 Å². The Morgan fingerprint density at radius 2 is 1.95 bits per heavy atom. The molecule has 1 aromatic heterocycles. The van der Waals surface area contributed by atoms with E-state index >= 15 is 0 Å². The summed E-state index contributed by atoms with van der Waals surface area (Å²) in [5.74, 6) is 0.139. The van der Waals surface area contributed by atoms with Crippen LogP contribution in [0.1, 0.15) is 16.8 Å². The number of Topliss-reactive ketones (excluding diaryl/α,β-unsaturated/α-hetero) is 1. The van der Waals surface area contributed by atoms with E-state index in [9.17, 15) is 4.79 Å². The Labute approximate surface area is 125 Å². The molecule has 0 aliphatic carbocycles. The predicted molar refractivity (Wildman–Crippen MR) is 79.5 cm³/mol. The van der Waals surface area contributed by atoms with Gasteiger partial charge in [-0.3, -0.25) is 9.48 Å². The summed E-state index contributed by atoms with van der Waals surface area (Å²) in [5, 5.41) is 4.75. The van der Waals surface area contributed by atoms with E-state index in [1.807, 2.05) is 31.2 Å². The molecule has 1 aromatic carbocycles. The smallest absolute Gasteiger partial charge is 0.141 e. The van der Waals surface area contributed by atoms with Gasteiger partial charge in [0.1, 0.15) is 10.9 Å². The lowest BCUT2D eigenvalue weighted by Crippen LogP contribution is -2.07. The second kappa shape index (κ2) is 5.88. The fourth-order valence-corrected chi connectivity index (χ4v) is 2.47. The quantitative estimate of drug-likeness (QED) is 0.853. The first kappa shape index (κ1) is 14.3. The molecule has 0 spiro atoms. The molecule has 5 heteroatoms. The summed E-state index contributed by atoms with van der Waals surface area (Å²) in [5.41, 5.74) is 2.65. The van der Waals surface area contributed by atoms with Crippen molar-refractivity contribution in [1.82, 2.24) is 9.78 Å². The van der Waals surface area contributed by atoms with E-state index in [1.165, 1.54) is 0 Å². The van der Waals surface area contributed by atoms with Gasteiger partial charge >= 0.3 is 0 Å². The molecular weight excluding hydrogens is 328 g/mol. The number of aryl methyl sites for hydroxylation is 2. The average Bonchev–Trinajstić information content (AvgIpc) is 2.59. The molecule has 0 fully saturated rings. The summed E-state index contributed by atoms with van der Waals surface area (Å²) < 4.78 is 2.61. The molecule has 0 aliphatic rings. The number of nitrogens with zero attached hydrogens (tertiary/aromatic N) is 2. The number of carbonyl (C=O) groups is 1. The van der Waals surface area contributed by atoms with Crippen molar-refractivity contribution in [2.24, 2.45) is 7.05 Å². The zero-order valence-electron chi connectivity index (χ0n) is 10.8. The molecule has 1 heterocycles. The summed E-state index contributed by atoms with van der Waals surface area (Å²) in [7, 11) is 1.78. The zero-order valence-corrected chi connectivity index (χ0v) is 13.1. The van der Waals surface area contributed by atoms with Crippen LogP contribution in [-0.4, -0.2) is 15.6 Å². The van der Waals surface area contributed by atoms with E-state index in [0.29, 0.717) is 18.0 Å². The van der Waals surface area contributed by atoms with Gasteiger partial charge in [-0.1, -0.05) is 39.7 Å². The monoisotopic (exact) mass is 340 g/mol. The molecule has 100 valence electrons. The lowest BCUT2D eigenvalue weighted by Gasteiger charge is -2.02. The van der Waals surface area contributed by atoms with Crippen LogP contribution in [0.4, 0.5) is 0 Å². The highest BCUT2D eigenvalue weighted by molar-refractivity contribution is 9.10. The van der Waals surface area contributed by atoms with Crippen LogP contribution in [0.3, 0.4) is 0 Å². The van der Waals surface area contributed by atoms with Gasteiger partial charge in [0.25, 0.3) is 0 Å². The van der Waals surface area contributed by atoms with Gasteiger partial charge in [0, 0.05) is 29.9 Å². The van der Waals surface area contributed by atoms with Gasteiger partial charge in [0.05, 0.1) is 5.69 Å². The Balaban J connectivity index is 2.07. The van der Waals surface area contributed by atoms with Gasteiger partial charge < -0.3 is 0 Å². The van der Waals surface area contributed by atoms with Crippen LogP contribution in [0.2, 0.25) is 5.15 Å². The average molecular weight is 342 g/mol. The highest BCUT2D eigenvalue weighted by Crippen LogP contribution is 2.20. The van der Waals surface area contributed by atoms with Crippen molar-refractivity contribution in [3.63, 3.8) is 0 Å². The molecule has 3 nitrogen and oxygen atoms in total. The number of rotatable bonds is 4. The Morgan fingerprint density at radius 1 is 1.32 bits per heavy atom. The van der Waals surface area contributed by atoms with Crippen molar-refractivity contribution in [3.05, 3.63) is 50.7 Å². The fourth-order valence-electron chi connectivity index (χ4n) is 1.96. The summed E-state index contributed by atoms with van der Waals surface area (Å²) in [6.45, 7) is 1.87. The number of halogens is 2. The molecule has 19 heavy (non-hydrogen) atoms. The van der Waals surface area contributed by atoms with Crippen LogP contribution in [-0.2, 0) is 24.7 Å². The van der Waals surface area contributed by atoms with Crippen LogP contribution in [0.25, 0.3) is 0 Å². The van der Waals surface area contributed by atoms with Crippen molar-refractivity contribution >= 4 is 33.3 Å². The molecule has 0 saturated heterocycles. The largest absolute Gasteiger partial charge is 0.299 e. The molecule has 0 radical (unpaired) electrons. The standard InChI is InChI=1S/C14H14BrClN2O/c1-9-13(14(16)18(2)17-9)8-12(19)7-10-3-5-11(15)6-4-10/h3-6H,7-8H2,1-2H3. The Bertz CT molecular complexity index is 605. The lowest BCUT2D eigenvalue weighted by molar-refractivity contribution is -0.117. The first-order chi connectivity index (χ1) is 8.97. The van der Waals surface area contributed by atoms with E-state index < -0.39 is 0 Å². The second-order valence-electron chi connectivity index (χ2n) is 4.50. The third kappa shape index (κ3) is 3.45. The summed E-state index contributed by atoms with van der Waals surface area (Å²) in [6.07, 6.45) is 0.743. The maximum atomic E-state index is 12.1. The number of hydrogen-bond acceptors (Lipinski definition) is 2. The lowest BCUT2D eigenvalue weighted by atomic mass is 10.0. The number of ketones is 1. The molecule has 2 rings (SSSR count). The van der Waals surface area contributed by atoms with Crippen molar-refractivity contribution < 1.29 is 4.79 Å². The van der Waals surface area contributed by atoms with E-state index in [1.54, 1.807) is 11.7 Å².